The molecule has 0 atom stereocenters. The third-order valence-corrected chi connectivity index (χ3v) is 3.69. The maximum atomic E-state index is 13.6. The summed E-state index contributed by atoms with van der Waals surface area (Å²) < 4.78 is 27.2. The number of nitrogens with one attached hydrogen (secondary N) is 2. The molecule has 29 heavy (non-hydrogen) atoms. The van der Waals surface area contributed by atoms with Gasteiger partial charge in [0.25, 0.3) is 5.91 Å². The Bertz CT molecular complexity index is 1020. The van der Waals surface area contributed by atoms with Crippen molar-refractivity contribution in [2.75, 3.05) is 5.32 Å². The molecule has 0 aliphatic heterocycles. The fourth-order valence-electron chi connectivity index (χ4n) is 2.32. The fourth-order valence-corrected chi connectivity index (χ4v) is 2.32. The number of nitrogens with zero attached hydrogens (tertiary/aromatic N) is 1. The van der Waals surface area contributed by atoms with Gasteiger partial charge in [-0.1, -0.05) is 41.6 Å². The average Bonchev–Trinajstić information content (AvgIpc) is 2.70. The van der Waals surface area contributed by atoms with Crippen molar-refractivity contribution < 1.29 is 23.2 Å². The smallest absolute Gasteiger partial charge is 0.326 e. The monoisotopic (exact) mass is 395 g/mol. The van der Waals surface area contributed by atoms with E-state index in [9.17, 15) is 18.4 Å². The van der Waals surface area contributed by atoms with Crippen molar-refractivity contribution in [3.8, 4) is 5.75 Å². The van der Waals surface area contributed by atoms with Crippen LogP contribution in [0.5, 0.6) is 5.75 Å². The van der Waals surface area contributed by atoms with E-state index in [2.05, 4.69) is 10.5 Å². The van der Waals surface area contributed by atoms with Crippen molar-refractivity contribution in [3.63, 3.8) is 0 Å². The highest BCUT2D eigenvalue weighted by Gasteiger charge is 2.19. The van der Waals surface area contributed by atoms with Gasteiger partial charge in [0.05, 0.1) is 6.21 Å². The number of halogens is 2. The van der Waals surface area contributed by atoms with E-state index < -0.39 is 29.1 Å². The van der Waals surface area contributed by atoms with E-state index in [0.717, 1.165) is 18.2 Å². The van der Waals surface area contributed by atoms with Crippen LogP contribution in [0.25, 0.3) is 0 Å². The first-order valence-electron chi connectivity index (χ1n) is 8.45. The predicted octanol–water partition coefficient (Wildman–Crippen LogP) is 4.34. The van der Waals surface area contributed by atoms with Gasteiger partial charge in [0.2, 0.25) is 0 Å². The molecule has 0 fully saturated rings. The Balaban J connectivity index is 1.55. The molecule has 3 aromatic rings. The van der Waals surface area contributed by atoms with E-state index in [1.807, 2.05) is 23.5 Å². The highest BCUT2D eigenvalue weighted by Crippen LogP contribution is 2.13. The molecule has 0 heterocycles. The van der Waals surface area contributed by atoms with Crippen molar-refractivity contribution in [1.29, 1.82) is 0 Å². The SMILES string of the molecule is O=C(NC(=O)c1c(F)cccc1F)Nc1ccc(/C=N/Oc2ccccc2)cc1. The number of urea groups is 1. The molecule has 146 valence electrons. The number of imide groups is 1. The van der Waals surface area contributed by atoms with Gasteiger partial charge in [0, 0.05) is 5.69 Å². The predicted molar refractivity (Wildman–Crippen MR) is 104 cm³/mol. The number of rotatable bonds is 5. The number of para-hydroxylation sites is 1. The molecule has 0 unspecified atom stereocenters. The summed E-state index contributed by atoms with van der Waals surface area (Å²) in [7, 11) is 0. The molecule has 0 saturated heterocycles. The van der Waals surface area contributed by atoms with Gasteiger partial charge in [-0.25, -0.2) is 13.6 Å². The second kappa shape index (κ2) is 9.23. The molecule has 0 saturated carbocycles. The zero-order valence-corrected chi connectivity index (χ0v) is 14.9. The van der Waals surface area contributed by atoms with Crippen molar-refractivity contribution in [2.45, 2.75) is 0 Å². The number of carbonyl (C=O) groups is 2. The van der Waals surface area contributed by atoms with Gasteiger partial charge in [-0.15, -0.1) is 0 Å². The summed E-state index contributed by atoms with van der Waals surface area (Å²) in [5.74, 6) is -2.71. The van der Waals surface area contributed by atoms with Crippen molar-refractivity contribution >= 4 is 23.8 Å². The van der Waals surface area contributed by atoms with E-state index in [1.165, 1.54) is 6.21 Å². The van der Waals surface area contributed by atoms with Crippen LogP contribution < -0.4 is 15.5 Å². The van der Waals surface area contributed by atoms with Gasteiger partial charge in [0.1, 0.15) is 17.2 Å². The standard InChI is InChI=1S/C21H15F2N3O3/c22-17-7-4-8-18(23)19(17)20(27)26-21(28)25-15-11-9-14(10-12-15)13-24-29-16-5-2-1-3-6-16/h1-13H,(H2,25,26,27,28)/b24-13+. The van der Waals surface area contributed by atoms with Gasteiger partial charge < -0.3 is 10.2 Å². The number of benzene rings is 3. The maximum Gasteiger partial charge on any atom is 0.326 e. The van der Waals surface area contributed by atoms with Crippen LogP contribution in [0, 0.1) is 11.6 Å². The average molecular weight is 395 g/mol. The normalized spacial score (nSPS) is 10.6. The van der Waals surface area contributed by atoms with Crippen molar-refractivity contribution in [2.24, 2.45) is 5.16 Å². The Kier molecular flexibility index (Phi) is 6.26. The maximum absolute atomic E-state index is 13.6. The lowest BCUT2D eigenvalue weighted by atomic mass is 10.2. The van der Waals surface area contributed by atoms with Gasteiger partial charge in [-0.05, 0) is 42.0 Å². The summed E-state index contributed by atoms with van der Waals surface area (Å²) in [6.07, 6.45) is 1.49. The highest BCUT2D eigenvalue weighted by atomic mass is 19.1. The summed E-state index contributed by atoms with van der Waals surface area (Å²) >= 11 is 0. The third-order valence-electron chi connectivity index (χ3n) is 3.69. The third kappa shape index (κ3) is 5.46. The molecule has 0 aromatic heterocycles. The second-order valence-corrected chi connectivity index (χ2v) is 5.77. The Labute approximate surface area is 164 Å². The molecule has 2 N–H and O–H groups in total. The van der Waals surface area contributed by atoms with E-state index in [1.54, 1.807) is 36.4 Å². The lowest BCUT2D eigenvalue weighted by Gasteiger charge is -2.08. The van der Waals surface area contributed by atoms with Crippen LogP contribution in [0.4, 0.5) is 19.3 Å². The van der Waals surface area contributed by atoms with E-state index >= 15 is 0 Å². The summed E-state index contributed by atoms with van der Waals surface area (Å²) in [6, 6.07) is 17.5. The molecule has 0 aliphatic rings. The lowest BCUT2D eigenvalue weighted by molar-refractivity contribution is 0.0959. The van der Waals surface area contributed by atoms with Crippen LogP contribution in [0.3, 0.4) is 0 Å². The summed E-state index contributed by atoms with van der Waals surface area (Å²) in [5, 5.41) is 8.13. The number of anilines is 1. The zero-order chi connectivity index (χ0) is 20.6. The topological polar surface area (TPSA) is 79.8 Å². The Morgan fingerprint density at radius 3 is 2.17 bits per heavy atom. The number of hydrogen-bond acceptors (Lipinski definition) is 4. The van der Waals surface area contributed by atoms with Crippen LogP contribution >= 0.6 is 0 Å². The summed E-state index contributed by atoms with van der Waals surface area (Å²) in [4.78, 5) is 29.0. The molecular formula is C21H15F2N3O3. The van der Waals surface area contributed by atoms with Crippen LogP contribution in [0.1, 0.15) is 15.9 Å². The van der Waals surface area contributed by atoms with Gasteiger partial charge >= 0.3 is 6.03 Å². The first kappa shape index (κ1) is 19.7. The quantitative estimate of drug-likeness (QED) is 0.498. The Hall–Kier alpha value is -4.07. The molecule has 3 rings (SSSR count). The fraction of sp³-hybridized carbons (Fsp3) is 0. The number of amides is 3. The summed E-state index contributed by atoms with van der Waals surface area (Å²) in [5.41, 5.74) is 0.245. The van der Waals surface area contributed by atoms with E-state index in [-0.39, 0.29) is 0 Å². The molecule has 3 aromatic carbocycles. The molecule has 6 nitrogen and oxygen atoms in total. The number of hydrogen-bond donors (Lipinski definition) is 2. The van der Waals surface area contributed by atoms with Crippen LogP contribution in [0.15, 0.2) is 78.0 Å². The van der Waals surface area contributed by atoms with Crippen molar-refractivity contribution in [3.05, 3.63) is 95.6 Å². The van der Waals surface area contributed by atoms with Gasteiger partial charge in [0.15, 0.2) is 5.75 Å². The van der Waals surface area contributed by atoms with E-state index in [4.69, 9.17) is 4.84 Å². The molecular weight excluding hydrogens is 380 g/mol. The lowest BCUT2D eigenvalue weighted by Crippen LogP contribution is -2.35. The second-order valence-electron chi connectivity index (χ2n) is 5.77. The van der Waals surface area contributed by atoms with Crippen LogP contribution in [-0.2, 0) is 0 Å². The van der Waals surface area contributed by atoms with Crippen molar-refractivity contribution in [1.82, 2.24) is 5.32 Å². The largest absolute Gasteiger partial charge is 0.357 e. The number of carbonyl (C=O) groups excluding carboxylic acids is 2. The van der Waals surface area contributed by atoms with Crippen LogP contribution in [-0.4, -0.2) is 18.2 Å². The first-order valence-corrected chi connectivity index (χ1v) is 8.45. The molecule has 8 heteroatoms. The molecule has 0 bridgehead atoms. The Morgan fingerprint density at radius 2 is 1.52 bits per heavy atom. The molecule has 0 aliphatic carbocycles. The summed E-state index contributed by atoms with van der Waals surface area (Å²) in [6.45, 7) is 0. The highest BCUT2D eigenvalue weighted by molar-refractivity contribution is 6.08. The molecule has 3 amide bonds. The Morgan fingerprint density at radius 1 is 0.862 bits per heavy atom. The number of oxime groups is 1. The van der Waals surface area contributed by atoms with Gasteiger partial charge in [-0.3, -0.25) is 10.1 Å². The minimum Gasteiger partial charge on any atom is -0.357 e. The minimum atomic E-state index is -1.18. The first-order chi connectivity index (χ1) is 14.0. The van der Waals surface area contributed by atoms with Crippen LogP contribution in [0.2, 0.25) is 0 Å². The minimum absolute atomic E-state index is 0.366. The van der Waals surface area contributed by atoms with Gasteiger partial charge in [-0.2, -0.15) is 0 Å². The molecule has 0 radical (unpaired) electrons. The molecule has 0 spiro atoms. The van der Waals surface area contributed by atoms with E-state index in [0.29, 0.717) is 17.0 Å². The zero-order valence-electron chi connectivity index (χ0n) is 14.9.